The number of likely N-dealkylation sites (tertiary alicyclic amines) is 1. The van der Waals surface area contributed by atoms with Crippen molar-refractivity contribution in [3.63, 3.8) is 0 Å². The third kappa shape index (κ3) is 6.88. The Labute approximate surface area is 139 Å². The lowest BCUT2D eigenvalue weighted by atomic mass is 9.96. The SMILES string of the molecule is CCNC(=NCCNC(=O)C(C)(C)C)NC1CCC(=O)N(C)C1. The van der Waals surface area contributed by atoms with Gasteiger partial charge < -0.3 is 20.9 Å². The zero-order valence-electron chi connectivity index (χ0n) is 15.0. The molecule has 23 heavy (non-hydrogen) atoms. The van der Waals surface area contributed by atoms with Crippen LogP contribution in [0.15, 0.2) is 4.99 Å². The molecule has 1 heterocycles. The van der Waals surface area contributed by atoms with Crippen LogP contribution in [0.25, 0.3) is 0 Å². The highest BCUT2D eigenvalue weighted by atomic mass is 16.2. The molecule has 2 amide bonds. The second-order valence-electron chi connectivity index (χ2n) is 6.92. The Kier molecular flexibility index (Phi) is 7.32. The Balaban J connectivity index is 2.44. The average Bonchev–Trinajstić information content (AvgIpc) is 2.46. The number of guanidine groups is 1. The lowest BCUT2D eigenvalue weighted by Crippen LogP contribution is -2.51. The highest BCUT2D eigenvalue weighted by molar-refractivity contribution is 5.82. The summed E-state index contributed by atoms with van der Waals surface area (Å²) in [6.45, 7) is 10.1. The second-order valence-corrected chi connectivity index (χ2v) is 6.92. The van der Waals surface area contributed by atoms with Gasteiger partial charge in [-0.1, -0.05) is 20.8 Å². The first-order valence-electron chi connectivity index (χ1n) is 8.31. The molecule has 0 saturated carbocycles. The molecule has 0 aromatic carbocycles. The molecule has 0 bridgehead atoms. The molecule has 1 unspecified atom stereocenters. The van der Waals surface area contributed by atoms with Crippen LogP contribution < -0.4 is 16.0 Å². The monoisotopic (exact) mass is 325 g/mol. The number of carbonyl (C=O) groups excluding carboxylic acids is 2. The molecule has 0 radical (unpaired) electrons. The van der Waals surface area contributed by atoms with E-state index in [2.05, 4.69) is 20.9 Å². The number of likely N-dealkylation sites (N-methyl/N-ethyl adjacent to an activating group) is 1. The van der Waals surface area contributed by atoms with Crippen LogP contribution in [0.3, 0.4) is 0 Å². The van der Waals surface area contributed by atoms with E-state index < -0.39 is 0 Å². The number of hydrogen-bond donors (Lipinski definition) is 3. The predicted molar refractivity (Wildman–Crippen MR) is 92.2 cm³/mol. The fraction of sp³-hybridized carbons (Fsp3) is 0.812. The summed E-state index contributed by atoms with van der Waals surface area (Å²) in [5.74, 6) is 0.943. The van der Waals surface area contributed by atoms with Crippen molar-refractivity contribution in [2.75, 3.05) is 33.2 Å². The van der Waals surface area contributed by atoms with Crippen LogP contribution >= 0.6 is 0 Å². The molecular weight excluding hydrogens is 294 g/mol. The molecule has 1 rings (SSSR count). The van der Waals surface area contributed by atoms with E-state index in [0.717, 1.165) is 18.9 Å². The Morgan fingerprint density at radius 1 is 1.35 bits per heavy atom. The lowest BCUT2D eigenvalue weighted by Gasteiger charge is -2.31. The smallest absolute Gasteiger partial charge is 0.225 e. The summed E-state index contributed by atoms with van der Waals surface area (Å²) in [7, 11) is 1.82. The first-order chi connectivity index (χ1) is 10.7. The van der Waals surface area contributed by atoms with Crippen molar-refractivity contribution in [2.45, 2.75) is 46.6 Å². The summed E-state index contributed by atoms with van der Waals surface area (Å²) in [5, 5.41) is 9.44. The quantitative estimate of drug-likeness (QED) is 0.386. The molecule has 0 aromatic rings. The maximum absolute atomic E-state index is 11.8. The highest BCUT2D eigenvalue weighted by Crippen LogP contribution is 2.12. The van der Waals surface area contributed by atoms with Crippen LogP contribution in [-0.2, 0) is 9.59 Å². The Morgan fingerprint density at radius 2 is 2.04 bits per heavy atom. The third-order valence-electron chi connectivity index (χ3n) is 3.66. The maximum atomic E-state index is 11.8. The molecule has 1 saturated heterocycles. The van der Waals surface area contributed by atoms with Gasteiger partial charge >= 0.3 is 0 Å². The molecule has 7 heteroatoms. The van der Waals surface area contributed by atoms with Gasteiger partial charge in [-0.15, -0.1) is 0 Å². The van der Waals surface area contributed by atoms with Gasteiger partial charge in [0.2, 0.25) is 11.8 Å². The van der Waals surface area contributed by atoms with Crippen LogP contribution in [0.5, 0.6) is 0 Å². The van der Waals surface area contributed by atoms with Gasteiger partial charge in [0.15, 0.2) is 5.96 Å². The molecule has 132 valence electrons. The van der Waals surface area contributed by atoms with Crippen LogP contribution in [-0.4, -0.2) is 61.9 Å². The highest BCUT2D eigenvalue weighted by Gasteiger charge is 2.23. The number of aliphatic imine (C=N–C) groups is 1. The van der Waals surface area contributed by atoms with E-state index >= 15 is 0 Å². The summed E-state index contributed by atoms with van der Waals surface area (Å²) in [5.41, 5.74) is -0.383. The molecular formula is C16H31N5O2. The van der Waals surface area contributed by atoms with Crippen molar-refractivity contribution in [1.29, 1.82) is 0 Å². The first-order valence-corrected chi connectivity index (χ1v) is 8.31. The molecule has 1 aliphatic heterocycles. The minimum absolute atomic E-state index is 0.0260. The fourth-order valence-electron chi connectivity index (χ4n) is 2.25. The molecule has 3 N–H and O–H groups in total. The van der Waals surface area contributed by atoms with E-state index in [1.807, 2.05) is 34.7 Å². The van der Waals surface area contributed by atoms with Crippen molar-refractivity contribution in [1.82, 2.24) is 20.9 Å². The molecule has 0 aromatic heterocycles. The van der Waals surface area contributed by atoms with Crippen molar-refractivity contribution < 1.29 is 9.59 Å². The lowest BCUT2D eigenvalue weighted by molar-refractivity contribution is -0.132. The number of nitrogens with zero attached hydrogens (tertiary/aromatic N) is 2. The number of carbonyl (C=O) groups is 2. The van der Waals surface area contributed by atoms with Gasteiger partial charge in [0.1, 0.15) is 0 Å². The molecule has 1 aliphatic rings. The largest absolute Gasteiger partial charge is 0.357 e. The molecule has 0 aliphatic carbocycles. The van der Waals surface area contributed by atoms with Gasteiger partial charge in [-0.25, -0.2) is 0 Å². The van der Waals surface area contributed by atoms with Gasteiger partial charge in [0, 0.05) is 44.6 Å². The minimum Gasteiger partial charge on any atom is -0.357 e. The van der Waals surface area contributed by atoms with Crippen LogP contribution in [0.1, 0.15) is 40.5 Å². The number of nitrogens with one attached hydrogen (secondary N) is 3. The van der Waals surface area contributed by atoms with Gasteiger partial charge in [0.25, 0.3) is 0 Å². The van der Waals surface area contributed by atoms with Gasteiger partial charge in [-0.2, -0.15) is 0 Å². The number of rotatable bonds is 5. The summed E-state index contributed by atoms with van der Waals surface area (Å²) >= 11 is 0. The molecule has 7 nitrogen and oxygen atoms in total. The van der Waals surface area contributed by atoms with Crippen molar-refractivity contribution in [2.24, 2.45) is 10.4 Å². The van der Waals surface area contributed by atoms with E-state index in [1.165, 1.54) is 0 Å². The Bertz CT molecular complexity index is 442. The molecule has 1 atom stereocenters. The summed E-state index contributed by atoms with van der Waals surface area (Å²) < 4.78 is 0. The normalized spacial score (nSPS) is 19.5. The Hall–Kier alpha value is -1.79. The Morgan fingerprint density at radius 3 is 2.61 bits per heavy atom. The first kappa shape index (κ1) is 19.3. The number of amides is 2. The standard InChI is InChI=1S/C16H31N5O2/c1-6-17-15(19-10-9-18-14(23)16(2,3)4)20-12-7-8-13(22)21(5)11-12/h12H,6-11H2,1-5H3,(H,18,23)(H2,17,19,20). The summed E-state index contributed by atoms with van der Waals surface area (Å²) in [6.07, 6.45) is 1.38. The summed E-state index contributed by atoms with van der Waals surface area (Å²) in [4.78, 5) is 29.5. The minimum atomic E-state index is -0.383. The maximum Gasteiger partial charge on any atom is 0.225 e. The van der Waals surface area contributed by atoms with E-state index in [-0.39, 0.29) is 23.3 Å². The topological polar surface area (TPSA) is 85.8 Å². The van der Waals surface area contributed by atoms with E-state index in [9.17, 15) is 9.59 Å². The van der Waals surface area contributed by atoms with Crippen LogP contribution in [0, 0.1) is 5.41 Å². The zero-order valence-corrected chi connectivity index (χ0v) is 15.0. The van der Waals surface area contributed by atoms with Gasteiger partial charge in [0.05, 0.1) is 6.54 Å². The third-order valence-corrected chi connectivity index (χ3v) is 3.66. The van der Waals surface area contributed by atoms with Crippen molar-refractivity contribution >= 4 is 17.8 Å². The van der Waals surface area contributed by atoms with Crippen LogP contribution in [0.2, 0.25) is 0 Å². The zero-order chi connectivity index (χ0) is 17.5. The fourth-order valence-corrected chi connectivity index (χ4v) is 2.25. The number of hydrogen-bond acceptors (Lipinski definition) is 3. The molecule has 0 spiro atoms. The van der Waals surface area contributed by atoms with Crippen LogP contribution in [0.4, 0.5) is 0 Å². The van der Waals surface area contributed by atoms with E-state index in [1.54, 1.807) is 4.90 Å². The van der Waals surface area contributed by atoms with E-state index in [4.69, 9.17) is 0 Å². The van der Waals surface area contributed by atoms with Gasteiger partial charge in [-0.3, -0.25) is 14.6 Å². The second kappa shape index (κ2) is 8.74. The molecule has 1 fully saturated rings. The predicted octanol–water partition coefficient (Wildman–Crippen LogP) is 0.325. The average molecular weight is 325 g/mol. The van der Waals surface area contributed by atoms with Crippen molar-refractivity contribution in [3.8, 4) is 0 Å². The number of piperidine rings is 1. The van der Waals surface area contributed by atoms with Gasteiger partial charge in [-0.05, 0) is 13.3 Å². The summed E-state index contributed by atoms with van der Waals surface area (Å²) in [6, 6.07) is 0.208. The van der Waals surface area contributed by atoms with Crippen molar-refractivity contribution in [3.05, 3.63) is 0 Å². The van der Waals surface area contributed by atoms with E-state index in [0.29, 0.717) is 26.1 Å².